The highest BCUT2D eigenvalue weighted by Gasteiger charge is 2.30. The minimum atomic E-state index is -1.09. The molecule has 2 atom stereocenters. The molecule has 1 rings (SSSR count). The molecule has 13 heteroatoms. The summed E-state index contributed by atoms with van der Waals surface area (Å²) in [6, 6.07) is 7.03. The number of nitrogens with zero attached hydrogens (tertiary/aromatic N) is 3. The Morgan fingerprint density at radius 1 is 1.20 bits per heavy atom. The fourth-order valence-corrected chi connectivity index (χ4v) is 2.90. The van der Waals surface area contributed by atoms with Crippen LogP contribution in [0.5, 0.6) is 0 Å². The van der Waals surface area contributed by atoms with Crippen LogP contribution < -0.4 is 16.6 Å². The largest absolute Gasteiger partial charge is 0.467 e. The normalized spacial score (nSPS) is 13.2. The van der Waals surface area contributed by atoms with Crippen molar-refractivity contribution in [3.8, 4) is 0 Å². The number of nitrogens with one attached hydrogen (secondary N) is 2. The lowest BCUT2D eigenvalue weighted by atomic mass is 10.0. The highest BCUT2D eigenvalue weighted by molar-refractivity contribution is 5.89. The third kappa shape index (κ3) is 11.2. The highest BCUT2D eigenvalue weighted by Crippen LogP contribution is 2.14. The van der Waals surface area contributed by atoms with Crippen molar-refractivity contribution >= 4 is 23.9 Å². The summed E-state index contributed by atoms with van der Waals surface area (Å²) in [6.07, 6.45) is -0.392. The molecule has 4 N–H and O–H groups in total. The zero-order valence-electron chi connectivity index (χ0n) is 20.6. The number of aliphatic imine (C=N–C) groups is 1. The number of carbonyl (C=O) groups is 3. The SMILES string of the molecule is COC(=O)[C@H](CCC[N+](=O)[O-])N=C(N)NNC(=O)[C@H](Cc1ccccc1)N(C)C(=O)OC(C)(C)C. The van der Waals surface area contributed by atoms with E-state index in [1.807, 2.05) is 30.3 Å². The monoisotopic (exact) mass is 494 g/mol. The molecule has 194 valence electrons. The van der Waals surface area contributed by atoms with Crippen LogP contribution in [0.25, 0.3) is 0 Å². The van der Waals surface area contributed by atoms with Gasteiger partial charge in [0.2, 0.25) is 12.5 Å². The van der Waals surface area contributed by atoms with E-state index in [0.717, 1.165) is 12.7 Å². The third-order valence-corrected chi connectivity index (χ3v) is 4.62. The van der Waals surface area contributed by atoms with Crippen LogP contribution in [0.3, 0.4) is 0 Å². The molecule has 0 radical (unpaired) electrons. The lowest BCUT2D eigenvalue weighted by Gasteiger charge is -2.30. The van der Waals surface area contributed by atoms with Gasteiger partial charge in [0, 0.05) is 24.8 Å². The van der Waals surface area contributed by atoms with Crippen molar-refractivity contribution in [2.75, 3.05) is 20.7 Å². The van der Waals surface area contributed by atoms with Gasteiger partial charge < -0.3 is 15.2 Å². The number of amides is 2. The number of hydrogen-bond donors (Lipinski definition) is 3. The standard InChI is InChI=1S/C22H34N6O7/c1-22(2,3)35-21(31)27(4)17(14-15-10-7-6-8-11-15)18(29)25-26-20(23)24-16(19(30)34-5)12-9-13-28(32)33/h6-8,10-11,16-17H,9,12-14H2,1-5H3,(H,25,29)(H3,23,24,26)/t16-,17-/m0/s1. The minimum absolute atomic E-state index is 0.0298. The molecule has 0 aliphatic heterocycles. The van der Waals surface area contributed by atoms with E-state index in [2.05, 4.69) is 20.6 Å². The van der Waals surface area contributed by atoms with Crippen LogP contribution in [0.4, 0.5) is 4.79 Å². The van der Waals surface area contributed by atoms with Crippen LogP contribution >= 0.6 is 0 Å². The van der Waals surface area contributed by atoms with E-state index in [4.69, 9.17) is 10.5 Å². The maximum absolute atomic E-state index is 13.0. The quantitative estimate of drug-likeness (QED) is 0.141. The summed E-state index contributed by atoms with van der Waals surface area (Å²) in [7, 11) is 2.60. The van der Waals surface area contributed by atoms with Gasteiger partial charge in [0.15, 0.2) is 6.04 Å². The molecule has 0 unspecified atom stereocenters. The summed E-state index contributed by atoms with van der Waals surface area (Å²) in [4.78, 5) is 52.7. The molecule has 13 nitrogen and oxygen atoms in total. The number of benzene rings is 1. The molecule has 0 heterocycles. The van der Waals surface area contributed by atoms with Crippen LogP contribution in [0.1, 0.15) is 39.2 Å². The molecule has 1 aromatic carbocycles. The van der Waals surface area contributed by atoms with Crippen LogP contribution in [0.15, 0.2) is 35.3 Å². The van der Waals surface area contributed by atoms with Gasteiger partial charge in [-0.1, -0.05) is 30.3 Å². The van der Waals surface area contributed by atoms with Gasteiger partial charge >= 0.3 is 12.1 Å². The fourth-order valence-electron chi connectivity index (χ4n) is 2.90. The number of nitrogens with two attached hydrogens (primary N) is 1. The Morgan fingerprint density at radius 3 is 2.37 bits per heavy atom. The number of ether oxygens (including phenoxy) is 2. The van der Waals surface area contributed by atoms with Crippen LogP contribution in [0.2, 0.25) is 0 Å². The van der Waals surface area contributed by atoms with Gasteiger partial charge in [0.05, 0.1) is 7.11 Å². The maximum atomic E-state index is 13.0. The summed E-state index contributed by atoms with van der Waals surface area (Å²) >= 11 is 0. The molecule has 0 bridgehead atoms. The molecule has 0 saturated heterocycles. The Kier molecular flexibility index (Phi) is 11.4. The first kappa shape index (κ1) is 29.1. The topological polar surface area (TPSA) is 178 Å². The van der Waals surface area contributed by atoms with E-state index in [0.29, 0.717) is 0 Å². The van der Waals surface area contributed by atoms with Gasteiger partial charge in [0.1, 0.15) is 11.6 Å². The third-order valence-electron chi connectivity index (χ3n) is 4.62. The number of methoxy groups -OCH3 is 1. The second-order valence-electron chi connectivity index (χ2n) is 8.66. The fraction of sp³-hybridized carbons (Fsp3) is 0.545. The molecule has 0 spiro atoms. The Hall–Kier alpha value is -3.90. The zero-order valence-corrected chi connectivity index (χ0v) is 20.6. The number of carbonyl (C=O) groups excluding carboxylic acids is 3. The number of hydrogen-bond acceptors (Lipinski definition) is 8. The van der Waals surface area contributed by atoms with Crippen LogP contribution in [-0.4, -0.2) is 72.1 Å². The molecule has 0 fully saturated rings. The molecule has 0 aliphatic rings. The average molecular weight is 495 g/mol. The van der Waals surface area contributed by atoms with Crippen molar-refractivity contribution in [1.82, 2.24) is 15.8 Å². The molecule has 0 aliphatic carbocycles. The summed E-state index contributed by atoms with van der Waals surface area (Å²) in [6.45, 7) is 4.80. The molecule has 0 aromatic heterocycles. The van der Waals surface area contributed by atoms with Gasteiger partial charge in [-0.3, -0.25) is 30.7 Å². The lowest BCUT2D eigenvalue weighted by molar-refractivity contribution is -0.480. The summed E-state index contributed by atoms with van der Waals surface area (Å²) < 4.78 is 10.0. The molecule has 1 aromatic rings. The summed E-state index contributed by atoms with van der Waals surface area (Å²) in [5, 5.41) is 10.5. The second-order valence-corrected chi connectivity index (χ2v) is 8.66. The van der Waals surface area contributed by atoms with Crippen LogP contribution in [0, 0.1) is 10.1 Å². The number of hydrazine groups is 1. The van der Waals surface area contributed by atoms with Crippen molar-refractivity contribution in [1.29, 1.82) is 0 Å². The minimum Gasteiger partial charge on any atom is -0.467 e. The first-order valence-corrected chi connectivity index (χ1v) is 10.9. The highest BCUT2D eigenvalue weighted by atomic mass is 16.6. The predicted molar refractivity (Wildman–Crippen MR) is 128 cm³/mol. The van der Waals surface area contributed by atoms with Gasteiger partial charge in [-0.25, -0.2) is 14.6 Å². The molecule has 2 amide bonds. The Balaban J connectivity index is 2.95. The van der Waals surface area contributed by atoms with Crippen LogP contribution in [-0.2, 0) is 25.5 Å². The van der Waals surface area contributed by atoms with Gasteiger partial charge in [-0.05, 0) is 32.8 Å². The molecule has 35 heavy (non-hydrogen) atoms. The number of nitro groups is 1. The smallest absolute Gasteiger partial charge is 0.410 e. The summed E-state index contributed by atoms with van der Waals surface area (Å²) in [5.41, 5.74) is 10.6. The Bertz CT molecular complexity index is 901. The first-order chi connectivity index (χ1) is 16.3. The van der Waals surface area contributed by atoms with Crippen molar-refractivity contribution < 1.29 is 28.8 Å². The van der Waals surface area contributed by atoms with E-state index in [-0.39, 0.29) is 31.8 Å². The molecular weight excluding hydrogens is 460 g/mol. The van der Waals surface area contributed by atoms with E-state index < -0.39 is 40.6 Å². The van der Waals surface area contributed by atoms with Crippen molar-refractivity contribution in [3.05, 3.63) is 46.0 Å². The van der Waals surface area contributed by atoms with Crippen molar-refractivity contribution in [3.63, 3.8) is 0 Å². The van der Waals surface area contributed by atoms with Gasteiger partial charge in [-0.15, -0.1) is 0 Å². The Labute approximate surface area is 204 Å². The second kappa shape index (κ2) is 13.7. The van der Waals surface area contributed by atoms with Gasteiger partial charge in [0.25, 0.3) is 5.91 Å². The maximum Gasteiger partial charge on any atom is 0.410 e. The molecular formula is C22H34N6O7. The van der Waals surface area contributed by atoms with Gasteiger partial charge in [-0.2, -0.15) is 0 Å². The average Bonchev–Trinajstić information content (AvgIpc) is 2.78. The first-order valence-electron chi connectivity index (χ1n) is 10.9. The molecule has 0 saturated carbocycles. The van der Waals surface area contributed by atoms with E-state index in [1.165, 1.54) is 11.9 Å². The number of esters is 1. The van der Waals surface area contributed by atoms with Crippen molar-refractivity contribution in [2.24, 2.45) is 10.7 Å². The lowest BCUT2D eigenvalue weighted by Crippen LogP contribution is -2.55. The van der Waals surface area contributed by atoms with E-state index in [9.17, 15) is 24.5 Å². The van der Waals surface area contributed by atoms with Crippen molar-refractivity contribution in [2.45, 2.75) is 57.7 Å². The zero-order chi connectivity index (χ0) is 26.6. The number of guanidine groups is 1. The van der Waals surface area contributed by atoms with E-state index in [1.54, 1.807) is 20.8 Å². The number of likely N-dealkylation sites (N-methyl/N-ethyl adjacent to an activating group) is 1. The predicted octanol–water partition coefficient (Wildman–Crippen LogP) is 0.999. The summed E-state index contributed by atoms with van der Waals surface area (Å²) in [5.74, 6) is -1.65. The number of rotatable bonds is 10. The van der Waals surface area contributed by atoms with E-state index >= 15 is 0 Å². The Morgan fingerprint density at radius 2 is 1.83 bits per heavy atom.